The maximum absolute atomic E-state index is 12.6. The highest BCUT2D eigenvalue weighted by Crippen LogP contribution is 2.40. The Bertz CT molecular complexity index is 938. The average molecular weight is 414 g/mol. The van der Waals surface area contributed by atoms with Crippen LogP contribution in [0.3, 0.4) is 0 Å². The van der Waals surface area contributed by atoms with Crippen LogP contribution >= 0.6 is 0 Å². The minimum atomic E-state index is -1.02. The summed E-state index contributed by atoms with van der Waals surface area (Å²) in [5.74, 6) is -0.665. The van der Waals surface area contributed by atoms with Crippen LogP contribution in [0.1, 0.15) is 49.5 Å². The Morgan fingerprint density at radius 2 is 1.97 bits per heavy atom. The number of esters is 2. The number of carbonyl (C=O) groups is 3. The molecular formula is C22H26N2O6. The maximum Gasteiger partial charge on any atom is 0.350 e. The van der Waals surface area contributed by atoms with E-state index < -0.39 is 5.60 Å². The van der Waals surface area contributed by atoms with Gasteiger partial charge in [0.1, 0.15) is 11.4 Å². The van der Waals surface area contributed by atoms with Crippen LogP contribution in [0, 0.1) is 0 Å². The molecule has 1 aliphatic carbocycles. The number of aromatic nitrogens is 1. The third-order valence-corrected chi connectivity index (χ3v) is 5.10. The highest BCUT2D eigenvalue weighted by Gasteiger charge is 2.48. The first-order valence-electron chi connectivity index (χ1n) is 10.1. The summed E-state index contributed by atoms with van der Waals surface area (Å²) in [6.07, 6.45) is 2.68. The van der Waals surface area contributed by atoms with Crippen LogP contribution < -0.4 is 10.1 Å². The molecule has 1 N–H and O–H groups in total. The van der Waals surface area contributed by atoms with Crippen LogP contribution in [0.25, 0.3) is 10.9 Å². The smallest absolute Gasteiger partial charge is 0.350 e. The Morgan fingerprint density at radius 3 is 2.63 bits per heavy atom. The van der Waals surface area contributed by atoms with E-state index in [2.05, 4.69) is 15.0 Å². The number of pyridine rings is 1. The van der Waals surface area contributed by atoms with Crippen molar-refractivity contribution in [3.63, 3.8) is 0 Å². The molecule has 0 saturated heterocycles. The zero-order valence-electron chi connectivity index (χ0n) is 17.2. The van der Waals surface area contributed by atoms with Gasteiger partial charge in [-0.1, -0.05) is 12.1 Å². The van der Waals surface area contributed by atoms with Gasteiger partial charge >= 0.3 is 11.9 Å². The van der Waals surface area contributed by atoms with E-state index in [-0.39, 0.29) is 36.6 Å². The molecule has 0 atom stereocenters. The van der Waals surface area contributed by atoms with E-state index in [0.717, 1.165) is 11.8 Å². The number of methoxy groups -OCH3 is 1. The largest absolute Gasteiger partial charge is 0.475 e. The van der Waals surface area contributed by atoms with Crippen LogP contribution in [0.15, 0.2) is 30.3 Å². The molecule has 2 aromatic rings. The summed E-state index contributed by atoms with van der Waals surface area (Å²) in [6, 6.07) is 8.85. The van der Waals surface area contributed by atoms with Gasteiger partial charge in [-0.2, -0.15) is 0 Å². The predicted octanol–water partition coefficient (Wildman–Crippen LogP) is 2.78. The molecule has 1 aliphatic rings. The number of nitrogens with one attached hydrogen (secondary N) is 1. The Balaban J connectivity index is 1.81. The van der Waals surface area contributed by atoms with Crippen molar-refractivity contribution in [1.82, 2.24) is 10.3 Å². The fourth-order valence-electron chi connectivity index (χ4n) is 3.29. The number of nitrogens with zero attached hydrogens (tertiary/aromatic N) is 1. The van der Waals surface area contributed by atoms with Crippen molar-refractivity contribution in [2.24, 2.45) is 0 Å². The number of fused-ring (bicyclic) bond motifs is 1. The van der Waals surface area contributed by atoms with E-state index in [1.807, 2.05) is 18.2 Å². The van der Waals surface area contributed by atoms with Gasteiger partial charge in [0.05, 0.1) is 19.2 Å². The molecule has 1 saturated carbocycles. The number of carbonyl (C=O) groups excluding carboxylic acids is 3. The monoisotopic (exact) mass is 414 g/mol. The van der Waals surface area contributed by atoms with Gasteiger partial charge in [-0.3, -0.25) is 9.59 Å². The predicted molar refractivity (Wildman–Crippen MR) is 109 cm³/mol. The first-order valence-corrected chi connectivity index (χ1v) is 10.1. The number of ether oxygens (including phenoxy) is 3. The van der Waals surface area contributed by atoms with Crippen molar-refractivity contribution in [3.05, 3.63) is 36.0 Å². The highest BCUT2D eigenvalue weighted by molar-refractivity contribution is 5.97. The van der Waals surface area contributed by atoms with Crippen molar-refractivity contribution < 1.29 is 28.6 Å². The number of hydrogen-bond donors (Lipinski definition) is 1. The van der Waals surface area contributed by atoms with Crippen molar-refractivity contribution >= 4 is 28.7 Å². The molecule has 0 unspecified atom stereocenters. The summed E-state index contributed by atoms with van der Waals surface area (Å²) in [5.41, 5.74) is -0.248. The highest BCUT2D eigenvalue weighted by atomic mass is 16.6. The second-order valence-corrected chi connectivity index (χ2v) is 7.13. The van der Waals surface area contributed by atoms with Gasteiger partial charge in [0, 0.05) is 24.4 Å². The van der Waals surface area contributed by atoms with Crippen molar-refractivity contribution in [2.75, 3.05) is 20.3 Å². The van der Waals surface area contributed by atoms with Gasteiger partial charge in [0.25, 0.3) is 5.91 Å². The Hall–Kier alpha value is -3.16. The fourth-order valence-corrected chi connectivity index (χ4v) is 3.29. The maximum atomic E-state index is 12.6. The SMILES string of the molecule is CCOC(=O)C1(Oc2cc(C(=O)NCCCC(=O)OC)nc3ccccc23)CCC1. The first kappa shape index (κ1) is 21.5. The normalized spacial score (nSPS) is 14.5. The second kappa shape index (κ2) is 9.56. The standard InChI is InChI=1S/C22H26N2O6/c1-3-29-21(27)22(11-7-12-22)30-18-14-17(24-16-9-5-4-8-15(16)18)20(26)23-13-6-10-19(25)28-2/h4-5,8-9,14H,3,6-7,10-13H2,1-2H3,(H,23,26). The summed E-state index contributed by atoms with van der Waals surface area (Å²) in [5, 5.41) is 3.47. The molecular weight excluding hydrogens is 388 g/mol. The molecule has 1 fully saturated rings. The van der Waals surface area contributed by atoms with Crippen LogP contribution in [0.5, 0.6) is 5.75 Å². The quantitative estimate of drug-likeness (QED) is 0.497. The minimum absolute atomic E-state index is 0.181. The number of rotatable bonds is 9. The topological polar surface area (TPSA) is 104 Å². The molecule has 1 aromatic heterocycles. The van der Waals surface area contributed by atoms with Gasteiger partial charge < -0.3 is 19.5 Å². The number of hydrogen-bond acceptors (Lipinski definition) is 7. The molecule has 0 radical (unpaired) electrons. The molecule has 1 heterocycles. The van der Waals surface area contributed by atoms with Crippen LogP contribution in [-0.2, 0) is 19.1 Å². The molecule has 8 heteroatoms. The van der Waals surface area contributed by atoms with Crippen molar-refractivity contribution in [3.8, 4) is 5.75 Å². The Kier molecular flexibility index (Phi) is 6.87. The molecule has 1 aromatic carbocycles. The molecule has 1 amide bonds. The summed E-state index contributed by atoms with van der Waals surface area (Å²) >= 11 is 0. The summed E-state index contributed by atoms with van der Waals surface area (Å²) < 4.78 is 16.0. The van der Waals surface area contributed by atoms with Crippen LogP contribution in [0.2, 0.25) is 0 Å². The van der Waals surface area contributed by atoms with Gasteiger partial charge in [0.2, 0.25) is 5.60 Å². The fraction of sp³-hybridized carbons (Fsp3) is 0.455. The van der Waals surface area contributed by atoms with Gasteiger partial charge in [-0.15, -0.1) is 0 Å². The molecule has 30 heavy (non-hydrogen) atoms. The van der Waals surface area contributed by atoms with Crippen LogP contribution in [0.4, 0.5) is 0 Å². The molecule has 3 rings (SSSR count). The van der Waals surface area contributed by atoms with Gasteiger partial charge in [-0.25, -0.2) is 9.78 Å². The van der Waals surface area contributed by atoms with Gasteiger partial charge in [0.15, 0.2) is 0 Å². The number of benzene rings is 1. The molecule has 0 spiro atoms. The first-order chi connectivity index (χ1) is 14.5. The molecule has 8 nitrogen and oxygen atoms in total. The Labute approximate surface area is 174 Å². The van der Waals surface area contributed by atoms with E-state index in [1.165, 1.54) is 7.11 Å². The van der Waals surface area contributed by atoms with E-state index in [9.17, 15) is 14.4 Å². The van der Waals surface area contributed by atoms with Gasteiger partial charge in [-0.05, 0) is 44.7 Å². The van der Waals surface area contributed by atoms with Crippen molar-refractivity contribution in [1.29, 1.82) is 0 Å². The lowest BCUT2D eigenvalue weighted by atomic mass is 9.80. The third kappa shape index (κ3) is 4.69. The minimum Gasteiger partial charge on any atom is -0.475 e. The zero-order chi connectivity index (χ0) is 21.6. The summed E-state index contributed by atoms with van der Waals surface area (Å²) in [6.45, 7) is 2.35. The average Bonchev–Trinajstić information content (AvgIpc) is 2.73. The lowest BCUT2D eigenvalue weighted by molar-refractivity contribution is -0.169. The van der Waals surface area contributed by atoms with E-state index in [4.69, 9.17) is 9.47 Å². The van der Waals surface area contributed by atoms with Crippen molar-refractivity contribution in [2.45, 2.75) is 44.6 Å². The molecule has 160 valence electrons. The molecule has 0 bridgehead atoms. The number of para-hydroxylation sites is 1. The lowest BCUT2D eigenvalue weighted by Crippen LogP contribution is -2.51. The van der Waals surface area contributed by atoms with Crippen LogP contribution in [-0.4, -0.2) is 48.7 Å². The van der Waals surface area contributed by atoms with E-state index in [1.54, 1.807) is 19.1 Å². The third-order valence-electron chi connectivity index (χ3n) is 5.10. The lowest BCUT2D eigenvalue weighted by Gasteiger charge is -2.39. The van der Waals surface area contributed by atoms with E-state index >= 15 is 0 Å². The number of amides is 1. The van der Waals surface area contributed by atoms with E-state index in [0.29, 0.717) is 37.1 Å². The zero-order valence-corrected chi connectivity index (χ0v) is 17.2. The second-order valence-electron chi connectivity index (χ2n) is 7.13. The Morgan fingerprint density at radius 1 is 1.20 bits per heavy atom. The summed E-state index contributed by atoms with van der Waals surface area (Å²) in [4.78, 5) is 40.7. The summed E-state index contributed by atoms with van der Waals surface area (Å²) in [7, 11) is 1.33. The molecule has 0 aliphatic heterocycles.